The summed E-state index contributed by atoms with van der Waals surface area (Å²) in [7, 11) is 0. The lowest BCUT2D eigenvalue weighted by Crippen LogP contribution is -2.31. The summed E-state index contributed by atoms with van der Waals surface area (Å²) in [6, 6.07) is 0.797. The summed E-state index contributed by atoms with van der Waals surface area (Å²) in [6.45, 7) is 12.8. The van der Waals surface area contributed by atoms with Crippen LogP contribution in [0.15, 0.2) is 24.8 Å². The molecule has 0 unspecified atom stereocenters. The first-order valence-electron chi connectivity index (χ1n) is 7.44. The molecule has 0 aromatic rings. The molecule has 0 heterocycles. The van der Waals surface area contributed by atoms with Crippen molar-refractivity contribution in [1.82, 2.24) is 5.32 Å². The molecule has 0 aliphatic heterocycles. The van der Waals surface area contributed by atoms with Crippen molar-refractivity contribution in [3.05, 3.63) is 24.8 Å². The van der Waals surface area contributed by atoms with E-state index in [0.717, 1.165) is 19.0 Å². The molecule has 1 rings (SSSR count). The normalized spacial score (nSPS) is 15.5. The second-order valence-electron chi connectivity index (χ2n) is 3.74. The zero-order chi connectivity index (χ0) is 13.4. The van der Waals surface area contributed by atoms with E-state index in [2.05, 4.69) is 18.0 Å². The van der Waals surface area contributed by atoms with Crippen LogP contribution < -0.4 is 5.32 Å². The predicted molar refractivity (Wildman–Crippen MR) is 81.5 cm³/mol. The molecule has 0 saturated heterocycles. The molecule has 102 valence electrons. The number of rotatable bonds is 5. The average Bonchev–Trinajstić information content (AvgIpc) is 2.44. The fraction of sp³-hybridized carbons (Fsp3) is 0.750. The van der Waals surface area contributed by atoms with E-state index in [-0.39, 0.29) is 0 Å². The van der Waals surface area contributed by atoms with Crippen LogP contribution in [0.3, 0.4) is 0 Å². The van der Waals surface area contributed by atoms with E-state index in [1.54, 1.807) is 0 Å². The van der Waals surface area contributed by atoms with Crippen LogP contribution in [0, 0.1) is 0 Å². The third kappa shape index (κ3) is 13.4. The number of hydrogen-bond donors (Lipinski definition) is 1. The van der Waals surface area contributed by atoms with Crippen molar-refractivity contribution in [1.29, 1.82) is 0 Å². The van der Waals surface area contributed by atoms with E-state index < -0.39 is 0 Å². The molecule has 0 spiro atoms. The maximum absolute atomic E-state index is 3.64. The first-order chi connectivity index (χ1) is 8.43. The van der Waals surface area contributed by atoms with Gasteiger partial charge >= 0.3 is 0 Å². The van der Waals surface area contributed by atoms with E-state index in [1.165, 1.54) is 32.1 Å². The SMILES string of the molecule is C=C/C=C\CCNC1CCCCC1.CC.CC. The van der Waals surface area contributed by atoms with Crippen molar-refractivity contribution < 1.29 is 0 Å². The molecule has 17 heavy (non-hydrogen) atoms. The molecule has 0 atom stereocenters. The van der Waals surface area contributed by atoms with Gasteiger partial charge in [0.25, 0.3) is 0 Å². The van der Waals surface area contributed by atoms with Gasteiger partial charge in [-0.1, -0.05) is 71.8 Å². The lowest BCUT2D eigenvalue weighted by Gasteiger charge is -2.22. The van der Waals surface area contributed by atoms with Crippen molar-refractivity contribution >= 4 is 0 Å². The summed E-state index contributed by atoms with van der Waals surface area (Å²) >= 11 is 0. The zero-order valence-corrected chi connectivity index (χ0v) is 12.5. The molecule has 0 bridgehead atoms. The summed E-state index contributed by atoms with van der Waals surface area (Å²) < 4.78 is 0. The largest absolute Gasteiger partial charge is 0.314 e. The minimum Gasteiger partial charge on any atom is -0.314 e. The monoisotopic (exact) mass is 239 g/mol. The lowest BCUT2D eigenvalue weighted by atomic mass is 9.95. The van der Waals surface area contributed by atoms with Gasteiger partial charge in [-0.2, -0.15) is 0 Å². The Morgan fingerprint density at radius 2 is 1.65 bits per heavy atom. The van der Waals surface area contributed by atoms with Crippen molar-refractivity contribution in [2.75, 3.05) is 6.54 Å². The highest BCUT2D eigenvalue weighted by atomic mass is 14.9. The Labute approximate surface area is 109 Å². The topological polar surface area (TPSA) is 12.0 Å². The van der Waals surface area contributed by atoms with Crippen molar-refractivity contribution in [3.63, 3.8) is 0 Å². The van der Waals surface area contributed by atoms with E-state index in [1.807, 2.05) is 39.8 Å². The van der Waals surface area contributed by atoms with E-state index in [9.17, 15) is 0 Å². The average molecular weight is 239 g/mol. The molecule has 1 aliphatic rings. The van der Waals surface area contributed by atoms with Crippen LogP contribution in [-0.4, -0.2) is 12.6 Å². The van der Waals surface area contributed by atoms with Crippen LogP contribution in [-0.2, 0) is 0 Å². The molecule has 1 N–H and O–H groups in total. The third-order valence-corrected chi connectivity index (χ3v) is 2.62. The Morgan fingerprint density at radius 3 is 2.18 bits per heavy atom. The molecular formula is C16H33N. The molecule has 1 nitrogen and oxygen atoms in total. The van der Waals surface area contributed by atoms with Crippen molar-refractivity contribution in [2.45, 2.75) is 72.3 Å². The van der Waals surface area contributed by atoms with Crippen molar-refractivity contribution in [3.8, 4) is 0 Å². The molecule has 1 aliphatic carbocycles. The fourth-order valence-corrected chi connectivity index (χ4v) is 1.87. The summed E-state index contributed by atoms with van der Waals surface area (Å²) in [4.78, 5) is 0. The van der Waals surface area contributed by atoms with Gasteiger partial charge in [0.05, 0.1) is 0 Å². The molecule has 0 amide bonds. The molecule has 0 aromatic heterocycles. The minimum absolute atomic E-state index is 0.797. The van der Waals surface area contributed by atoms with Crippen LogP contribution in [0.2, 0.25) is 0 Å². The van der Waals surface area contributed by atoms with Gasteiger partial charge in [0.15, 0.2) is 0 Å². The van der Waals surface area contributed by atoms with E-state index in [4.69, 9.17) is 0 Å². The number of allylic oxidation sites excluding steroid dienone is 2. The third-order valence-electron chi connectivity index (χ3n) is 2.62. The number of hydrogen-bond acceptors (Lipinski definition) is 1. The van der Waals surface area contributed by atoms with Gasteiger partial charge in [-0.25, -0.2) is 0 Å². The molecule has 0 radical (unpaired) electrons. The standard InChI is InChI=1S/C12H21N.2C2H6/c1-2-3-4-8-11-13-12-9-6-5-7-10-12;2*1-2/h2-4,12-13H,1,5-11H2;2*1-2H3/b4-3-;;. The molecule has 1 fully saturated rings. The van der Waals surface area contributed by atoms with Gasteiger partial charge < -0.3 is 5.32 Å². The Kier molecular flexibility index (Phi) is 19.7. The lowest BCUT2D eigenvalue weighted by molar-refractivity contribution is 0.376. The Morgan fingerprint density at radius 1 is 1.06 bits per heavy atom. The first-order valence-corrected chi connectivity index (χ1v) is 7.44. The van der Waals surface area contributed by atoms with Crippen LogP contribution >= 0.6 is 0 Å². The minimum atomic E-state index is 0.797. The van der Waals surface area contributed by atoms with Crippen LogP contribution in [0.4, 0.5) is 0 Å². The Bertz CT molecular complexity index is 155. The maximum atomic E-state index is 3.64. The maximum Gasteiger partial charge on any atom is 0.00671 e. The van der Waals surface area contributed by atoms with Crippen LogP contribution in [0.25, 0.3) is 0 Å². The summed E-state index contributed by atoms with van der Waals surface area (Å²) in [6.07, 6.45) is 14.2. The summed E-state index contributed by atoms with van der Waals surface area (Å²) in [5.41, 5.74) is 0. The highest BCUT2D eigenvalue weighted by Gasteiger charge is 2.11. The van der Waals surface area contributed by atoms with Gasteiger partial charge in [-0.3, -0.25) is 0 Å². The van der Waals surface area contributed by atoms with Gasteiger partial charge in [-0.05, 0) is 25.8 Å². The van der Waals surface area contributed by atoms with Gasteiger partial charge in [-0.15, -0.1) is 0 Å². The molecule has 1 saturated carbocycles. The predicted octanol–water partition coefficient (Wildman–Crippen LogP) is 5.09. The second kappa shape index (κ2) is 17.8. The molecular weight excluding hydrogens is 206 g/mol. The van der Waals surface area contributed by atoms with E-state index >= 15 is 0 Å². The van der Waals surface area contributed by atoms with Crippen LogP contribution in [0.5, 0.6) is 0 Å². The second-order valence-corrected chi connectivity index (χ2v) is 3.74. The first kappa shape index (κ1) is 18.8. The van der Waals surface area contributed by atoms with Crippen LogP contribution in [0.1, 0.15) is 66.2 Å². The van der Waals surface area contributed by atoms with E-state index in [0.29, 0.717) is 0 Å². The molecule has 0 aromatic carbocycles. The zero-order valence-electron chi connectivity index (χ0n) is 12.5. The fourth-order valence-electron chi connectivity index (χ4n) is 1.87. The highest BCUT2D eigenvalue weighted by Crippen LogP contribution is 2.17. The quantitative estimate of drug-likeness (QED) is 0.520. The smallest absolute Gasteiger partial charge is 0.00671 e. The van der Waals surface area contributed by atoms with Gasteiger partial charge in [0.1, 0.15) is 0 Å². The van der Waals surface area contributed by atoms with Gasteiger partial charge in [0.2, 0.25) is 0 Å². The highest BCUT2D eigenvalue weighted by molar-refractivity contribution is 4.97. The Balaban J connectivity index is 0. The van der Waals surface area contributed by atoms with Crippen molar-refractivity contribution in [2.24, 2.45) is 0 Å². The summed E-state index contributed by atoms with van der Waals surface area (Å²) in [5, 5.41) is 3.59. The summed E-state index contributed by atoms with van der Waals surface area (Å²) in [5.74, 6) is 0. The van der Waals surface area contributed by atoms with Gasteiger partial charge in [0, 0.05) is 6.04 Å². The Hall–Kier alpha value is -0.560. The number of nitrogens with one attached hydrogen (secondary N) is 1. The molecule has 1 heteroatoms.